The summed E-state index contributed by atoms with van der Waals surface area (Å²) >= 11 is 0. The summed E-state index contributed by atoms with van der Waals surface area (Å²) < 4.78 is 0. The molecule has 0 heterocycles. The predicted molar refractivity (Wildman–Crippen MR) is 72.3 cm³/mol. The number of aliphatic hydroxyl groups excluding tert-OH is 1. The smallest absolute Gasteiger partial charge is 0.306 e. The van der Waals surface area contributed by atoms with Gasteiger partial charge in [-0.25, -0.2) is 0 Å². The van der Waals surface area contributed by atoms with E-state index >= 15 is 0 Å². The normalized spacial score (nSPS) is 28.1. The Hall–Kier alpha value is -0.570. The Morgan fingerprint density at radius 1 is 1.11 bits per heavy atom. The SMILES string of the molecule is CC(C)C[C@H](O)C[C@@H](C)C1CCC(C(=O)O)CC1. The molecule has 1 aliphatic rings. The third-order valence-corrected chi connectivity index (χ3v) is 4.31. The minimum Gasteiger partial charge on any atom is -0.481 e. The van der Waals surface area contributed by atoms with Crippen LogP contribution in [-0.2, 0) is 4.79 Å². The van der Waals surface area contributed by atoms with Crippen LogP contribution in [0.3, 0.4) is 0 Å². The maximum atomic E-state index is 10.9. The molecule has 0 saturated heterocycles. The minimum atomic E-state index is -0.638. The van der Waals surface area contributed by atoms with Crippen LogP contribution in [0, 0.1) is 23.7 Å². The molecule has 106 valence electrons. The van der Waals surface area contributed by atoms with E-state index in [1.165, 1.54) is 0 Å². The molecular weight excluding hydrogens is 228 g/mol. The van der Waals surface area contributed by atoms with Crippen molar-refractivity contribution in [2.24, 2.45) is 23.7 Å². The van der Waals surface area contributed by atoms with Crippen molar-refractivity contribution >= 4 is 5.97 Å². The van der Waals surface area contributed by atoms with E-state index < -0.39 is 5.97 Å². The van der Waals surface area contributed by atoms with Crippen molar-refractivity contribution in [1.82, 2.24) is 0 Å². The van der Waals surface area contributed by atoms with E-state index in [1.807, 2.05) is 0 Å². The monoisotopic (exact) mass is 256 g/mol. The second-order valence-corrected chi connectivity index (χ2v) is 6.45. The molecule has 2 N–H and O–H groups in total. The molecule has 1 aliphatic carbocycles. The molecule has 0 unspecified atom stereocenters. The zero-order chi connectivity index (χ0) is 13.7. The van der Waals surface area contributed by atoms with Gasteiger partial charge in [-0.05, 0) is 56.3 Å². The largest absolute Gasteiger partial charge is 0.481 e. The molecular formula is C15H28O3. The van der Waals surface area contributed by atoms with Crippen LogP contribution in [0.15, 0.2) is 0 Å². The summed E-state index contributed by atoms with van der Waals surface area (Å²) in [5.74, 6) is 0.876. The van der Waals surface area contributed by atoms with Gasteiger partial charge in [-0.3, -0.25) is 4.79 Å². The Morgan fingerprint density at radius 3 is 2.11 bits per heavy atom. The van der Waals surface area contributed by atoms with Gasteiger partial charge < -0.3 is 10.2 Å². The Labute approximate surface area is 111 Å². The van der Waals surface area contributed by atoms with Gasteiger partial charge in [0.2, 0.25) is 0 Å². The Morgan fingerprint density at radius 2 is 1.67 bits per heavy atom. The lowest BCUT2D eigenvalue weighted by molar-refractivity contribution is -0.143. The van der Waals surface area contributed by atoms with Crippen LogP contribution in [0.25, 0.3) is 0 Å². The van der Waals surface area contributed by atoms with E-state index in [9.17, 15) is 9.90 Å². The molecule has 0 spiro atoms. The van der Waals surface area contributed by atoms with Crippen LogP contribution in [-0.4, -0.2) is 22.3 Å². The van der Waals surface area contributed by atoms with Crippen molar-refractivity contribution < 1.29 is 15.0 Å². The van der Waals surface area contributed by atoms with Crippen molar-refractivity contribution in [1.29, 1.82) is 0 Å². The average molecular weight is 256 g/mol. The fourth-order valence-electron chi connectivity index (χ4n) is 3.20. The lowest BCUT2D eigenvalue weighted by atomic mass is 9.74. The van der Waals surface area contributed by atoms with E-state index in [-0.39, 0.29) is 12.0 Å². The van der Waals surface area contributed by atoms with Crippen LogP contribution >= 0.6 is 0 Å². The summed E-state index contributed by atoms with van der Waals surface area (Å²) in [5.41, 5.74) is 0. The quantitative estimate of drug-likeness (QED) is 0.766. The van der Waals surface area contributed by atoms with Gasteiger partial charge in [-0.2, -0.15) is 0 Å². The molecule has 1 saturated carbocycles. The highest BCUT2D eigenvalue weighted by molar-refractivity contribution is 5.69. The van der Waals surface area contributed by atoms with Gasteiger partial charge in [0, 0.05) is 0 Å². The summed E-state index contributed by atoms with van der Waals surface area (Å²) in [4.78, 5) is 10.9. The van der Waals surface area contributed by atoms with Gasteiger partial charge in [0.25, 0.3) is 0 Å². The first-order valence-electron chi connectivity index (χ1n) is 7.31. The molecule has 1 rings (SSSR count). The molecule has 0 bridgehead atoms. The van der Waals surface area contributed by atoms with Crippen molar-refractivity contribution in [2.75, 3.05) is 0 Å². The molecule has 0 radical (unpaired) electrons. The fraction of sp³-hybridized carbons (Fsp3) is 0.933. The number of hydrogen-bond acceptors (Lipinski definition) is 2. The highest BCUT2D eigenvalue weighted by atomic mass is 16.4. The zero-order valence-corrected chi connectivity index (χ0v) is 11.9. The minimum absolute atomic E-state index is 0.131. The van der Waals surface area contributed by atoms with Gasteiger partial charge in [0.1, 0.15) is 0 Å². The molecule has 0 aromatic heterocycles. The van der Waals surface area contributed by atoms with E-state index in [2.05, 4.69) is 20.8 Å². The lowest BCUT2D eigenvalue weighted by Gasteiger charge is -2.31. The summed E-state index contributed by atoms with van der Waals surface area (Å²) in [6, 6.07) is 0. The molecule has 2 atom stereocenters. The molecule has 0 amide bonds. The third-order valence-electron chi connectivity index (χ3n) is 4.31. The number of carbonyl (C=O) groups is 1. The summed E-state index contributed by atoms with van der Waals surface area (Å²) in [6.07, 6.45) is 5.17. The Balaban J connectivity index is 2.31. The fourth-order valence-corrected chi connectivity index (χ4v) is 3.20. The van der Waals surface area contributed by atoms with Crippen LogP contribution in [0.2, 0.25) is 0 Å². The first-order valence-corrected chi connectivity index (χ1v) is 7.31. The van der Waals surface area contributed by atoms with Crippen molar-refractivity contribution in [3.05, 3.63) is 0 Å². The van der Waals surface area contributed by atoms with Gasteiger partial charge >= 0.3 is 5.97 Å². The summed E-state index contributed by atoms with van der Waals surface area (Å²) in [6.45, 7) is 6.47. The standard InChI is InChI=1S/C15H28O3/c1-10(2)8-14(16)9-11(3)12-4-6-13(7-5-12)15(17)18/h10-14,16H,4-9H2,1-3H3,(H,17,18)/t11-,12?,13?,14+/m1/s1. The van der Waals surface area contributed by atoms with Crippen LogP contribution < -0.4 is 0 Å². The molecule has 3 nitrogen and oxygen atoms in total. The first-order chi connectivity index (χ1) is 8.40. The van der Waals surface area contributed by atoms with E-state index in [4.69, 9.17) is 5.11 Å². The second-order valence-electron chi connectivity index (χ2n) is 6.45. The van der Waals surface area contributed by atoms with Crippen molar-refractivity contribution in [2.45, 2.75) is 65.4 Å². The van der Waals surface area contributed by atoms with Crippen molar-refractivity contribution in [3.8, 4) is 0 Å². The first kappa shape index (κ1) is 15.5. The lowest BCUT2D eigenvalue weighted by Crippen LogP contribution is -2.26. The number of hydrogen-bond donors (Lipinski definition) is 2. The van der Waals surface area contributed by atoms with Gasteiger partial charge in [0.05, 0.1) is 12.0 Å². The molecule has 1 fully saturated rings. The highest BCUT2D eigenvalue weighted by Crippen LogP contribution is 2.35. The topological polar surface area (TPSA) is 57.5 Å². The predicted octanol–water partition coefficient (Wildman–Crippen LogP) is 3.31. The van der Waals surface area contributed by atoms with E-state index in [0.29, 0.717) is 17.8 Å². The molecule has 0 aromatic carbocycles. The van der Waals surface area contributed by atoms with E-state index in [1.54, 1.807) is 0 Å². The van der Waals surface area contributed by atoms with Gasteiger partial charge in [-0.15, -0.1) is 0 Å². The summed E-state index contributed by atoms with van der Waals surface area (Å²) in [7, 11) is 0. The molecule has 0 aromatic rings. The number of aliphatic hydroxyl groups is 1. The molecule has 3 heteroatoms. The highest BCUT2D eigenvalue weighted by Gasteiger charge is 2.29. The number of rotatable bonds is 6. The molecule has 0 aliphatic heterocycles. The van der Waals surface area contributed by atoms with Crippen LogP contribution in [0.4, 0.5) is 0 Å². The maximum Gasteiger partial charge on any atom is 0.306 e. The van der Waals surface area contributed by atoms with Crippen LogP contribution in [0.1, 0.15) is 59.3 Å². The Bertz CT molecular complexity index is 254. The average Bonchev–Trinajstić information content (AvgIpc) is 2.27. The van der Waals surface area contributed by atoms with E-state index in [0.717, 1.165) is 38.5 Å². The molecule has 18 heavy (non-hydrogen) atoms. The Kier molecular flexibility index (Phi) is 6.13. The second kappa shape index (κ2) is 7.13. The maximum absolute atomic E-state index is 10.9. The number of aliphatic carboxylic acids is 1. The van der Waals surface area contributed by atoms with Gasteiger partial charge in [-0.1, -0.05) is 20.8 Å². The zero-order valence-electron chi connectivity index (χ0n) is 11.9. The van der Waals surface area contributed by atoms with Gasteiger partial charge in [0.15, 0.2) is 0 Å². The van der Waals surface area contributed by atoms with Crippen molar-refractivity contribution in [3.63, 3.8) is 0 Å². The number of carboxylic acid groups (broad SMARTS) is 1. The number of carboxylic acids is 1. The third kappa shape index (κ3) is 4.97. The van der Waals surface area contributed by atoms with Crippen LogP contribution in [0.5, 0.6) is 0 Å². The summed E-state index contributed by atoms with van der Waals surface area (Å²) in [5, 5.41) is 18.9.